The molecule has 0 radical (unpaired) electrons. The van der Waals surface area contributed by atoms with Gasteiger partial charge in [-0.05, 0) is 42.3 Å². The zero-order valence-corrected chi connectivity index (χ0v) is 12.7. The van der Waals surface area contributed by atoms with Gasteiger partial charge in [-0.15, -0.1) is 0 Å². The zero-order chi connectivity index (χ0) is 13.1. The Kier molecular flexibility index (Phi) is 5.12. The lowest BCUT2D eigenvalue weighted by atomic mass is 9.92. The Morgan fingerprint density at radius 3 is 2.59 bits per heavy atom. The fraction of sp³-hybridized carbons (Fsp3) is 0.417. The first kappa shape index (κ1) is 14.6. The maximum atomic E-state index is 8.87. The molecule has 0 bridgehead atoms. The van der Waals surface area contributed by atoms with E-state index in [-0.39, 0.29) is 0 Å². The molecule has 0 unspecified atom stereocenters. The van der Waals surface area contributed by atoms with Crippen molar-refractivity contribution in [2.24, 2.45) is 5.41 Å². The van der Waals surface area contributed by atoms with Gasteiger partial charge >= 0.3 is 0 Å². The fourth-order valence-corrected chi connectivity index (χ4v) is 1.93. The SMILES string of the molecule is CC(C)(C#N)CCOc1cc(Cl)c(Br)cc1Cl. The lowest BCUT2D eigenvalue weighted by Crippen LogP contribution is -2.13. The van der Waals surface area contributed by atoms with Crippen LogP contribution < -0.4 is 4.74 Å². The number of hydrogen-bond donors (Lipinski definition) is 0. The van der Waals surface area contributed by atoms with Gasteiger partial charge in [0.2, 0.25) is 0 Å². The summed E-state index contributed by atoms with van der Waals surface area (Å²) < 4.78 is 6.25. The van der Waals surface area contributed by atoms with Crippen molar-refractivity contribution in [2.45, 2.75) is 20.3 Å². The second-order valence-electron chi connectivity index (χ2n) is 4.29. The summed E-state index contributed by atoms with van der Waals surface area (Å²) in [5.74, 6) is 0.536. The van der Waals surface area contributed by atoms with Crippen molar-refractivity contribution in [3.8, 4) is 11.8 Å². The van der Waals surface area contributed by atoms with Gasteiger partial charge in [0, 0.05) is 10.5 Å². The molecule has 5 heteroatoms. The van der Waals surface area contributed by atoms with Crippen molar-refractivity contribution < 1.29 is 4.74 Å². The minimum absolute atomic E-state index is 0.397. The molecule has 0 heterocycles. The molecule has 1 aromatic carbocycles. The van der Waals surface area contributed by atoms with Crippen LogP contribution in [-0.2, 0) is 0 Å². The number of benzene rings is 1. The number of nitriles is 1. The highest BCUT2D eigenvalue weighted by molar-refractivity contribution is 9.10. The second-order valence-corrected chi connectivity index (χ2v) is 5.96. The minimum atomic E-state index is -0.397. The van der Waals surface area contributed by atoms with Crippen LogP contribution >= 0.6 is 39.1 Å². The van der Waals surface area contributed by atoms with Gasteiger partial charge in [-0.2, -0.15) is 5.26 Å². The number of halogens is 3. The molecule has 0 N–H and O–H groups in total. The molecule has 0 atom stereocenters. The summed E-state index contributed by atoms with van der Waals surface area (Å²) in [4.78, 5) is 0. The van der Waals surface area contributed by atoms with Crippen LogP contribution in [0.15, 0.2) is 16.6 Å². The fourth-order valence-electron chi connectivity index (χ4n) is 1.09. The van der Waals surface area contributed by atoms with Crippen LogP contribution in [0.1, 0.15) is 20.3 Å². The van der Waals surface area contributed by atoms with Crippen molar-refractivity contribution in [1.29, 1.82) is 5.26 Å². The van der Waals surface area contributed by atoms with Gasteiger partial charge < -0.3 is 4.74 Å². The first-order valence-electron chi connectivity index (χ1n) is 5.04. The second kappa shape index (κ2) is 5.95. The average molecular weight is 337 g/mol. The maximum absolute atomic E-state index is 8.87. The molecule has 0 aliphatic rings. The van der Waals surface area contributed by atoms with E-state index >= 15 is 0 Å². The predicted molar refractivity (Wildman–Crippen MR) is 73.7 cm³/mol. The standard InChI is InChI=1S/C12H12BrCl2NO/c1-12(2,7-16)3-4-17-11-6-9(14)8(13)5-10(11)15/h5-6H,3-4H2,1-2H3. The first-order chi connectivity index (χ1) is 7.85. The Labute approximate surface area is 120 Å². The lowest BCUT2D eigenvalue weighted by molar-refractivity contribution is 0.264. The number of nitrogens with zero attached hydrogens (tertiary/aromatic N) is 1. The van der Waals surface area contributed by atoms with Gasteiger partial charge in [-0.1, -0.05) is 23.2 Å². The average Bonchev–Trinajstić information content (AvgIpc) is 2.25. The first-order valence-corrected chi connectivity index (χ1v) is 6.59. The van der Waals surface area contributed by atoms with Crippen LogP contribution in [-0.4, -0.2) is 6.61 Å². The highest BCUT2D eigenvalue weighted by Crippen LogP contribution is 2.34. The Bertz CT molecular complexity index is 455. The summed E-state index contributed by atoms with van der Waals surface area (Å²) in [6, 6.07) is 5.57. The van der Waals surface area contributed by atoms with E-state index in [9.17, 15) is 0 Å². The van der Waals surface area contributed by atoms with E-state index < -0.39 is 5.41 Å². The third-order valence-electron chi connectivity index (χ3n) is 2.26. The van der Waals surface area contributed by atoms with Crippen molar-refractivity contribution >= 4 is 39.1 Å². The largest absolute Gasteiger partial charge is 0.492 e. The van der Waals surface area contributed by atoms with Crippen LogP contribution in [0.5, 0.6) is 5.75 Å². The summed E-state index contributed by atoms with van der Waals surface area (Å²) in [5, 5.41) is 9.91. The van der Waals surface area contributed by atoms with Crippen LogP contribution in [0.2, 0.25) is 10.0 Å². The highest BCUT2D eigenvalue weighted by Gasteiger charge is 2.17. The van der Waals surface area contributed by atoms with Crippen molar-refractivity contribution in [3.05, 3.63) is 26.7 Å². The molecule has 92 valence electrons. The van der Waals surface area contributed by atoms with Gasteiger partial charge in [0.1, 0.15) is 5.75 Å². The van der Waals surface area contributed by atoms with Crippen molar-refractivity contribution in [2.75, 3.05) is 6.61 Å². The molecule has 0 aliphatic heterocycles. The van der Waals surface area contributed by atoms with Crippen molar-refractivity contribution in [3.63, 3.8) is 0 Å². The van der Waals surface area contributed by atoms with E-state index in [2.05, 4.69) is 22.0 Å². The zero-order valence-electron chi connectivity index (χ0n) is 9.56. The molecule has 0 saturated carbocycles. The Morgan fingerprint density at radius 1 is 1.35 bits per heavy atom. The molecule has 17 heavy (non-hydrogen) atoms. The summed E-state index contributed by atoms with van der Waals surface area (Å²) in [6.45, 7) is 4.16. The Morgan fingerprint density at radius 2 is 2.00 bits per heavy atom. The molecule has 2 nitrogen and oxygen atoms in total. The van der Waals surface area contributed by atoms with Crippen LogP contribution in [0.3, 0.4) is 0 Å². The van der Waals surface area contributed by atoms with Crippen LogP contribution in [0.25, 0.3) is 0 Å². The third-order valence-corrected chi connectivity index (χ3v) is 3.75. The maximum Gasteiger partial charge on any atom is 0.139 e. The third kappa shape index (κ3) is 4.39. The van der Waals surface area contributed by atoms with Gasteiger partial charge in [-0.3, -0.25) is 0 Å². The molecule has 0 amide bonds. The molecule has 0 spiro atoms. The minimum Gasteiger partial charge on any atom is -0.492 e. The topological polar surface area (TPSA) is 33.0 Å². The quantitative estimate of drug-likeness (QED) is 0.719. The Hall–Kier alpha value is -0.430. The molecule has 1 aromatic rings. The van der Waals surface area contributed by atoms with Crippen molar-refractivity contribution in [1.82, 2.24) is 0 Å². The van der Waals surface area contributed by atoms with E-state index in [0.717, 1.165) is 4.47 Å². The van der Waals surface area contributed by atoms with E-state index in [1.54, 1.807) is 12.1 Å². The van der Waals surface area contributed by atoms with Crippen LogP contribution in [0.4, 0.5) is 0 Å². The smallest absolute Gasteiger partial charge is 0.139 e. The summed E-state index contributed by atoms with van der Waals surface area (Å²) in [6.07, 6.45) is 0.632. The lowest BCUT2D eigenvalue weighted by Gasteiger charge is -2.16. The monoisotopic (exact) mass is 335 g/mol. The Balaban J connectivity index is 2.65. The molecule has 0 aromatic heterocycles. The summed E-state index contributed by atoms with van der Waals surface area (Å²) in [7, 11) is 0. The molecular formula is C12H12BrCl2NO. The summed E-state index contributed by atoms with van der Waals surface area (Å²) >= 11 is 15.2. The van der Waals surface area contributed by atoms with E-state index in [1.807, 2.05) is 13.8 Å². The molecular weight excluding hydrogens is 325 g/mol. The van der Waals surface area contributed by atoms with E-state index in [1.165, 1.54) is 0 Å². The van der Waals surface area contributed by atoms with Gasteiger partial charge in [0.05, 0.1) is 28.1 Å². The summed E-state index contributed by atoms with van der Waals surface area (Å²) in [5.41, 5.74) is -0.397. The van der Waals surface area contributed by atoms with E-state index in [0.29, 0.717) is 28.8 Å². The molecule has 0 fully saturated rings. The van der Waals surface area contributed by atoms with Gasteiger partial charge in [0.25, 0.3) is 0 Å². The highest BCUT2D eigenvalue weighted by atomic mass is 79.9. The van der Waals surface area contributed by atoms with Crippen LogP contribution in [0, 0.1) is 16.7 Å². The number of hydrogen-bond acceptors (Lipinski definition) is 2. The molecule has 1 rings (SSSR count). The molecule has 0 aliphatic carbocycles. The van der Waals surface area contributed by atoms with Gasteiger partial charge in [0.15, 0.2) is 0 Å². The van der Waals surface area contributed by atoms with E-state index in [4.69, 9.17) is 33.2 Å². The molecule has 0 saturated heterocycles. The number of ether oxygens (including phenoxy) is 1. The predicted octanol–water partition coefficient (Wildman–Crippen LogP) is 5.07. The van der Waals surface area contributed by atoms with Gasteiger partial charge in [-0.25, -0.2) is 0 Å². The number of rotatable bonds is 4. The normalized spacial score (nSPS) is 11.1.